The summed E-state index contributed by atoms with van der Waals surface area (Å²) in [4.78, 5) is 22.7. The van der Waals surface area contributed by atoms with Crippen molar-refractivity contribution in [2.75, 3.05) is 43.6 Å². The van der Waals surface area contributed by atoms with Crippen LogP contribution >= 0.6 is 0 Å². The van der Waals surface area contributed by atoms with Gasteiger partial charge >= 0.3 is 6.01 Å². The number of H-pyrrole nitrogens is 1. The van der Waals surface area contributed by atoms with Gasteiger partial charge in [0.05, 0.1) is 42.2 Å². The number of hydrogen-bond acceptors (Lipinski definition) is 9. The molecule has 3 aromatic heterocycles. The number of nitrogens with one attached hydrogen (secondary N) is 2. The highest BCUT2D eigenvalue weighted by Crippen LogP contribution is 2.37. The van der Waals surface area contributed by atoms with Crippen molar-refractivity contribution in [2.24, 2.45) is 0 Å². The Morgan fingerprint density at radius 3 is 2.66 bits per heavy atom. The molecular formula is C21H22FN7O3. The van der Waals surface area contributed by atoms with Crippen molar-refractivity contribution >= 4 is 33.4 Å². The molecular weight excluding hydrogens is 417 g/mol. The van der Waals surface area contributed by atoms with Crippen LogP contribution in [0.5, 0.6) is 11.8 Å². The predicted molar refractivity (Wildman–Crippen MR) is 117 cm³/mol. The minimum Gasteiger partial charge on any atom is -0.421 e. The van der Waals surface area contributed by atoms with Gasteiger partial charge in [-0.3, -0.25) is 0 Å². The Balaban J connectivity index is 1.65. The zero-order chi connectivity index (χ0) is 22.2. The monoisotopic (exact) mass is 439 g/mol. The SMILES string of the molecule is CNc1cc(F)cc2c1[nH]c1nc(Oc3cnc(C(C)O)nc3)nc(N3CCOCC3)c12. The maximum atomic E-state index is 14.3. The Bertz CT molecular complexity index is 1270. The molecule has 32 heavy (non-hydrogen) atoms. The molecule has 1 atom stereocenters. The summed E-state index contributed by atoms with van der Waals surface area (Å²) in [5, 5.41) is 14.0. The van der Waals surface area contributed by atoms with E-state index in [1.54, 1.807) is 14.0 Å². The van der Waals surface area contributed by atoms with E-state index in [0.29, 0.717) is 65.8 Å². The Morgan fingerprint density at radius 2 is 1.97 bits per heavy atom. The third-order valence-corrected chi connectivity index (χ3v) is 5.30. The van der Waals surface area contributed by atoms with E-state index in [2.05, 4.69) is 35.1 Å². The fourth-order valence-electron chi connectivity index (χ4n) is 3.77. The van der Waals surface area contributed by atoms with Crippen molar-refractivity contribution < 1.29 is 19.0 Å². The smallest absolute Gasteiger partial charge is 0.326 e. The molecule has 1 aliphatic rings. The van der Waals surface area contributed by atoms with Gasteiger partial charge in [0.25, 0.3) is 0 Å². The second kappa shape index (κ2) is 8.17. The van der Waals surface area contributed by atoms with Crippen molar-refractivity contribution in [2.45, 2.75) is 13.0 Å². The van der Waals surface area contributed by atoms with Crippen LogP contribution in [0.25, 0.3) is 21.9 Å². The van der Waals surface area contributed by atoms with Crippen molar-refractivity contribution in [1.82, 2.24) is 24.9 Å². The van der Waals surface area contributed by atoms with Crippen LogP contribution in [-0.4, -0.2) is 63.4 Å². The first-order chi connectivity index (χ1) is 15.5. The molecule has 0 amide bonds. The van der Waals surface area contributed by atoms with E-state index in [-0.39, 0.29) is 11.8 Å². The van der Waals surface area contributed by atoms with Crippen LogP contribution in [0, 0.1) is 5.82 Å². The number of aliphatic hydroxyl groups excluding tert-OH is 1. The molecule has 0 aliphatic carbocycles. The van der Waals surface area contributed by atoms with Gasteiger partial charge in [-0.05, 0) is 19.1 Å². The van der Waals surface area contributed by atoms with Gasteiger partial charge in [-0.15, -0.1) is 0 Å². The number of rotatable bonds is 5. The highest BCUT2D eigenvalue weighted by molar-refractivity contribution is 6.14. The Morgan fingerprint density at radius 1 is 1.22 bits per heavy atom. The number of nitrogens with zero attached hydrogens (tertiary/aromatic N) is 5. The zero-order valence-electron chi connectivity index (χ0n) is 17.6. The lowest BCUT2D eigenvalue weighted by Gasteiger charge is -2.28. The summed E-state index contributed by atoms with van der Waals surface area (Å²) in [5.41, 5.74) is 1.88. The largest absolute Gasteiger partial charge is 0.421 e. The van der Waals surface area contributed by atoms with Crippen LogP contribution in [-0.2, 0) is 4.74 Å². The summed E-state index contributed by atoms with van der Waals surface area (Å²) in [6.45, 7) is 3.99. The Hall–Kier alpha value is -3.57. The van der Waals surface area contributed by atoms with Gasteiger partial charge in [0.1, 0.15) is 23.4 Å². The van der Waals surface area contributed by atoms with Crippen molar-refractivity contribution in [3.8, 4) is 11.8 Å². The summed E-state index contributed by atoms with van der Waals surface area (Å²) in [7, 11) is 1.74. The predicted octanol–water partition coefficient (Wildman–Crippen LogP) is 2.76. The fourth-order valence-corrected chi connectivity index (χ4v) is 3.77. The zero-order valence-corrected chi connectivity index (χ0v) is 17.6. The molecule has 1 unspecified atom stereocenters. The van der Waals surface area contributed by atoms with Crippen LogP contribution in [0.1, 0.15) is 18.9 Å². The second-order valence-corrected chi connectivity index (χ2v) is 7.46. The molecule has 0 spiro atoms. The number of morpholine rings is 1. The minimum atomic E-state index is -0.780. The summed E-state index contributed by atoms with van der Waals surface area (Å²) >= 11 is 0. The topological polar surface area (TPSA) is 121 Å². The molecule has 5 rings (SSSR count). The summed E-state index contributed by atoms with van der Waals surface area (Å²) < 4.78 is 25.7. The normalized spacial score (nSPS) is 15.3. The molecule has 11 heteroatoms. The van der Waals surface area contributed by atoms with E-state index in [4.69, 9.17) is 9.47 Å². The quantitative estimate of drug-likeness (QED) is 0.431. The number of ether oxygens (including phenoxy) is 2. The lowest BCUT2D eigenvalue weighted by atomic mass is 10.1. The molecule has 1 saturated heterocycles. The van der Waals surface area contributed by atoms with Crippen LogP contribution in [0.2, 0.25) is 0 Å². The van der Waals surface area contributed by atoms with E-state index in [0.717, 1.165) is 5.52 Å². The van der Waals surface area contributed by atoms with Gasteiger partial charge in [0, 0.05) is 25.5 Å². The van der Waals surface area contributed by atoms with Crippen molar-refractivity contribution in [1.29, 1.82) is 0 Å². The average molecular weight is 439 g/mol. The average Bonchev–Trinajstić information content (AvgIpc) is 3.17. The van der Waals surface area contributed by atoms with Gasteiger partial charge in [0.15, 0.2) is 11.6 Å². The van der Waals surface area contributed by atoms with Gasteiger partial charge in [-0.2, -0.15) is 9.97 Å². The molecule has 4 aromatic rings. The van der Waals surface area contributed by atoms with E-state index in [1.807, 2.05) is 0 Å². The number of anilines is 2. The van der Waals surface area contributed by atoms with E-state index in [9.17, 15) is 9.50 Å². The highest BCUT2D eigenvalue weighted by atomic mass is 19.1. The molecule has 1 aliphatic heterocycles. The van der Waals surface area contributed by atoms with Crippen LogP contribution in [0.15, 0.2) is 24.5 Å². The van der Waals surface area contributed by atoms with E-state index < -0.39 is 6.10 Å². The molecule has 1 fully saturated rings. The lowest BCUT2D eigenvalue weighted by Crippen LogP contribution is -2.37. The molecule has 0 saturated carbocycles. The van der Waals surface area contributed by atoms with Crippen molar-refractivity contribution in [3.05, 3.63) is 36.2 Å². The number of aliphatic hydroxyl groups is 1. The number of aromatic nitrogens is 5. The molecule has 166 valence electrons. The van der Waals surface area contributed by atoms with Crippen LogP contribution < -0.4 is 15.0 Å². The summed E-state index contributed by atoms with van der Waals surface area (Å²) in [6, 6.07) is 3.01. The third-order valence-electron chi connectivity index (χ3n) is 5.30. The molecule has 4 heterocycles. The van der Waals surface area contributed by atoms with E-state index >= 15 is 0 Å². The van der Waals surface area contributed by atoms with Crippen molar-refractivity contribution in [3.63, 3.8) is 0 Å². The number of benzene rings is 1. The van der Waals surface area contributed by atoms with E-state index in [1.165, 1.54) is 24.5 Å². The molecule has 1 aromatic carbocycles. The number of aromatic amines is 1. The third kappa shape index (κ3) is 3.65. The second-order valence-electron chi connectivity index (χ2n) is 7.46. The van der Waals surface area contributed by atoms with Gasteiger partial charge in [-0.25, -0.2) is 14.4 Å². The Kier molecular flexibility index (Phi) is 5.19. The first kappa shape index (κ1) is 20.3. The minimum absolute atomic E-state index is 0.102. The number of hydrogen-bond donors (Lipinski definition) is 3. The first-order valence-electron chi connectivity index (χ1n) is 10.2. The molecule has 10 nitrogen and oxygen atoms in total. The molecule has 3 N–H and O–H groups in total. The highest BCUT2D eigenvalue weighted by Gasteiger charge is 2.23. The number of halogens is 1. The van der Waals surface area contributed by atoms with Crippen LogP contribution in [0.3, 0.4) is 0 Å². The first-order valence-corrected chi connectivity index (χ1v) is 10.2. The molecule has 0 radical (unpaired) electrons. The summed E-state index contributed by atoms with van der Waals surface area (Å²) in [6.07, 6.45) is 2.13. The standard InChI is InChI=1S/C21H22FN7O3/c1-11(30)18-24-9-13(10-25-18)32-21-27-19-16(20(28-21)29-3-5-31-6-4-29)14-7-12(22)8-15(23-2)17(14)26-19/h7-11,23,30H,3-6H2,1-2H3,(H,26,27,28). The lowest BCUT2D eigenvalue weighted by molar-refractivity contribution is 0.122. The fraction of sp³-hybridized carbons (Fsp3) is 0.333. The van der Waals surface area contributed by atoms with Crippen LogP contribution in [0.4, 0.5) is 15.9 Å². The van der Waals surface area contributed by atoms with Gasteiger partial charge in [-0.1, -0.05) is 0 Å². The van der Waals surface area contributed by atoms with Gasteiger partial charge in [0.2, 0.25) is 0 Å². The van der Waals surface area contributed by atoms with Gasteiger partial charge < -0.3 is 29.8 Å². The number of fused-ring (bicyclic) bond motifs is 3. The maximum Gasteiger partial charge on any atom is 0.326 e. The maximum absolute atomic E-state index is 14.3. The summed E-state index contributed by atoms with van der Waals surface area (Å²) in [5.74, 6) is 0.903. The Labute approximate surface area is 182 Å². The molecule has 0 bridgehead atoms.